The first kappa shape index (κ1) is 7.78. The largest absolute Gasteiger partial charge is 0.120 e. The Hall–Kier alpha value is -0.223. The standard InChI is InChI=1S/C7H14Si/c1-6-7(2)8(3,4)5/h1,7H,2-5H3. The summed E-state index contributed by atoms with van der Waals surface area (Å²) in [4.78, 5) is 0. The van der Waals surface area contributed by atoms with Gasteiger partial charge in [-0.1, -0.05) is 26.6 Å². The normalized spacial score (nSPS) is 14.9. The van der Waals surface area contributed by atoms with Crippen LogP contribution in [0.5, 0.6) is 0 Å². The van der Waals surface area contributed by atoms with Crippen LogP contribution in [0.1, 0.15) is 6.92 Å². The SMILES string of the molecule is C#CC(C)[Si](C)(C)C. The Morgan fingerprint density at radius 1 is 1.38 bits per heavy atom. The van der Waals surface area contributed by atoms with E-state index in [4.69, 9.17) is 6.42 Å². The number of hydrogen-bond donors (Lipinski definition) is 0. The molecule has 0 spiro atoms. The third kappa shape index (κ3) is 2.18. The van der Waals surface area contributed by atoms with Crippen LogP contribution in [0.2, 0.25) is 25.2 Å². The summed E-state index contributed by atoms with van der Waals surface area (Å²) in [5, 5.41) is 0. The lowest BCUT2D eigenvalue weighted by atomic mass is 10.5. The molecule has 0 N–H and O–H groups in total. The van der Waals surface area contributed by atoms with Crippen LogP contribution in [-0.4, -0.2) is 8.07 Å². The highest BCUT2D eigenvalue weighted by molar-refractivity contribution is 6.78. The van der Waals surface area contributed by atoms with Gasteiger partial charge >= 0.3 is 0 Å². The molecule has 0 saturated heterocycles. The van der Waals surface area contributed by atoms with Crippen molar-refractivity contribution in [3.63, 3.8) is 0 Å². The van der Waals surface area contributed by atoms with E-state index < -0.39 is 8.07 Å². The molecule has 0 aromatic heterocycles. The van der Waals surface area contributed by atoms with E-state index in [2.05, 4.69) is 32.5 Å². The summed E-state index contributed by atoms with van der Waals surface area (Å²) in [5.74, 6) is 2.77. The lowest BCUT2D eigenvalue weighted by molar-refractivity contribution is 1.17. The third-order valence-corrected chi connectivity index (χ3v) is 4.31. The summed E-state index contributed by atoms with van der Waals surface area (Å²) < 4.78 is 0. The molecular formula is C7H14Si. The summed E-state index contributed by atoms with van der Waals surface area (Å²) in [5.41, 5.74) is 0.516. The average molecular weight is 126 g/mol. The van der Waals surface area contributed by atoms with Gasteiger partial charge in [0.2, 0.25) is 0 Å². The molecule has 0 bridgehead atoms. The van der Waals surface area contributed by atoms with E-state index in [-0.39, 0.29) is 0 Å². The Morgan fingerprint density at radius 3 is 1.75 bits per heavy atom. The van der Waals surface area contributed by atoms with Gasteiger partial charge in [-0.3, -0.25) is 0 Å². The van der Waals surface area contributed by atoms with Crippen molar-refractivity contribution in [2.45, 2.75) is 32.1 Å². The van der Waals surface area contributed by atoms with Crippen molar-refractivity contribution >= 4 is 8.07 Å². The van der Waals surface area contributed by atoms with E-state index in [0.717, 1.165) is 0 Å². The summed E-state index contributed by atoms with van der Waals surface area (Å²) in [6.07, 6.45) is 5.24. The second kappa shape index (κ2) is 2.37. The van der Waals surface area contributed by atoms with E-state index in [1.165, 1.54) is 0 Å². The topological polar surface area (TPSA) is 0 Å². The van der Waals surface area contributed by atoms with Crippen molar-refractivity contribution in [2.75, 3.05) is 0 Å². The van der Waals surface area contributed by atoms with E-state index >= 15 is 0 Å². The fraction of sp³-hybridized carbons (Fsp3) is 0.714. The molecule has 0 radical (unpaired) electrons. The van der Waals surface area contributed by atoms with Crippen LogP contribution in [0.3, 0.4) is 0 Å². The van der Waals surface area contributed by atoms with E-state index in [1.807, 2.05) is 0 Å². The molecular weight excluding hydrogens is 112 g/mol. The average Bonchev–Trinajstić information content (AvgIpc) is 1.62. The van der Waals surface area contributed by atoms with Crippen molar-refractivity contribution in [3.8, 4) is 12.3 Å². The Morgan fingerprint density at radius 2 is 1.75 bits per heavy atom. The molecule has 0 rings (SSSR count). The van der Waals surface area contributed by atoms with Crippen LogP contribution in [0.25, 0.3) is 0 Å². The van der Waals surface area contributed by atoms with Gasteiger partial charge in [0, 0.05) is 5.54 Å². The first-order chi connectivity index (χ1) is 3.48. The number of hydrogen-bond acceptors (Lipinski definition) is 0. The molecule has 0 aliphatic heterocycles. The van der Waals surface area contributed by atoms with Crippen molar-refractivity contribution in [1.29, 1.82) is 0 Å². The predicted octanol–water partition coefficient (Wildman–Crippen LogP) is 2.35. The summed E-state index contributed by atoms with van der Waals surface area (Å²) in [6.45, 7) is 9.00. The van der Waals surface area contributed by atoms with Gasteiger partial charge in [-0.25, -0.2) is 0 Å². The Labute approximate surface area is 53.3 Å². The molecule has 0 aliphatic carbocycles. The fourth-order valence-electron chi connectivity index (χ4n) is 0.250. The zero-order valence-corrected chi connectivity index (χ0v) is 7.15. The minimum absolute atomic E-state index is 0.516. The molecule has 0 heterocycles. The van der Waals surface area contributed by atoms with Crippen LogP contribution in [0, 0.1) is 12.3 Å². The Balaban J connectivity index is 3.87. The molecule has 1 unspecified atom stereocenters. The maximum Gasteiger partial charge on any atom is 0.0609 e. The van der Waals surface area contributed by atoms with Gasteiger partial charge in [0.25, 0.3) is 0 Å². The van der Waals surface area contributed by atoms with Gasteiger partial charge in [-0.05, 0) is 0 Å². The molecule has 8 heavy (non-hydrogen) atoms. The highest BCUT2D eigenvalue weighted by Gasteiger charge is 2.19. The monoisotopic (exact) mass is 126 g/mol. The molecule has 0 saturated carbocycles. The fourth-order valence-corrected chi connectivity index (χ4v) is 0.750. The molecule has 0 fully saturated rings. The molecule has 1 heteroatoms. The minimum atomic E-state index is -0.997. The highest BCUT2D eigenvalue weighted by Crippen LogP contribution is 2.18. The van der Waals surface area contributed by atoms with Crippen LogP contribution >= 0.6 is 0 Å². The van der Waals surface area contributed by atoms with Crippen molar-refractivity contribution in [1.82, 2.24) is 0 Å². The van der Waals surface area contributed by atoms with Gasteiger partial charge in [0.05, 0.1) is 8.07 Å². The smallest absolute Gasteiger partial charge is 0.0609 e. The van der Waals surface area contributed by atoms with Gasteiger partial charge in [-0.15, -0.1) is 12.3 Å². The number of rotatable bonds is 1. The third-order valence-electron chi connectivity index (χ3n) is 1.55. The molecule has 0 amide bonds. The first-order valence-electron chi connectivity index (χ1n) is 2.94. The predicted molar refractivity (Wildman–Crippen MR) is 41.6 cm³/mol. The van der Waals surface area contributed by atoms with E-state index in [0.29, 0.717) is 5.54 Å². The van der Waals surface area contributed by atoms with Crippen LogP contribution in [0.4, 0.5) is 0 Å². The van der Waals surface area contributed by atoms with E-state index in [1.54, 1.807) is 0 Å². The van der Waals surface area contributed by atoms with Crippen molar-refractivity contribution < 1.29 is 0 Å². The minimum Gasteiger partial charge on any atom is -0.120 e. The van der Waals surface area contributed by atoms with Gasteiger partial charge < -0.3 is 0 Å². The Kier molecular flexibility index (Phi) is 2.30. The van der Waals surface area contributed by atoms with Crippen molar-refractivity contribution in [2.24, 2.45) is 0 Å². The molecule has 1 atom stereocenters. The van der Waals surface area contributed by atoms with Crippen LogP contribution in [-0.2, 0) is 0 Å². The molecule has 0 nitrogen and oxygen atoms in total. The summed E-state index contributed by atoms with van der Waals surface area (Å²) in [6, 6.07) is 0. The lowest BCUT2D eigenvalue weighted by Crippen LogP contribution is -2.24. The zero-order chi connectivity index (χ0) is 6.78. The highest BCUT2D eigenvalue weighted by atomic mass is 28.3. The molecule has 46 valence electrons. The van der Waals surface area contributed by atoms with Gasteiger partial charge in [0.15, 0.2) is 0 Å². The number of terminal acetylenes is 1. The Bertz CT molecular complexity index is 103. The molecule has 0 aromatic rings. The van der Waals surface area contributed by atoms with Gasteiger partial charge in [-0.2, -0.15) is 0 Å². The first-order valence-corrected chi connectivity index (χ1v) is 6.52. The summed E-state index contributed by atoms with van der Waals surface area (Å²) >= 11 is 0. The molecule has 0 aliphatic rings. The summed E-state index contributed by atoms with van der Waals surface area (Å²) in [7, 11) is -0.997. The lowest BCUT2D eigenvalue weighted by Gasteiger charge is -2.18. The molecule has 0 aromatic carbocycles. The van der Waals surface area contributed by atoms with Crippen LogP contribution < -0.4 is 0 Å². The van der Waals surface area contributed by atoms with Crippen LogP contribution in [0.15, 0.2) is 0 Å². The zero-order valence-electron chi connectivity index (χ0n) is 6.15. The second-order valence-corrected chi connectivity index (χ2v) is 8.85. The van der Waals surface area contributed by atoms with Crippen molar-refractivity contribution in [3.05, 3.63) is 0 Å². The second-order valence-electron chi connectivity index (χ2n) is 3.25. The maximum absolute atomic E-state index is 5.24. The van der Waals surface area contributed by atoms with E-state index in [9.17, 15) is 0 Å². The quantitative estimate of drug-likeness (QED) is 0.374. The maximum atomic E-state index is 5.24. The van der Waals surface area contributed by atoms with Gasteiger partial charge in [0.1, 0.15) is 0 Å².